The molecule has 0 heterocycles. The molecule has 3 aromatic rings. The van der Waals surface area contributed by atoms with E-state index in [1.165, 1.54) is 52.8 Å². The predicted molar refractivity (Wildman–Crippen MR) is 159 cm³/mol. The Labute approximate surface area is 243 Å². The van der Waals surface area contributed by atoms with Crippen molar-refractivity contribution in [3.63, 3.8) is 0 Å². The quantitative estimate of drug-likeness (QED) is 0.225. The molecule has 0 N–H and O–H groups in total. The van der Waals surface area contributed by atoms with Crippen LogP contribution in [0.2, 0.25) is 5.04 Å². The summed E-state index contributed by atoms with van der Waals surface area (Å²) in [5.41, 5.74) is 8.46. The fourth-order valence-corrected chi connectivity index (χ4v) is 13.8. The Bertz CT molecular complexity index is 1140. The van der Waals surface area contributed by atoms with E-state index in [2.05, 4.69) is 142 Å². The first kappa shape index (κ1) is 32.0. The molecule has 1 aliphatic carbocycles. The van der Waals surface area contributed by atoms with E-state index < -0.39 is 8.07 Å². The first-order chi connectivity index (χ1) is 15.1. The topological polar surface area (TPSA) is 0 Å². The number of hydrogen-bond acceptors (Lipinski definition) is 0. The van der Waals surface area contributed by atoms with Crippen molar-refractivity contribution in [1.82, 2.24) is 0 Å². The third-order valence-electron chi connectivity index (χ3n) is 7.85. The number of allylic oxidation sites excluding steroid dienone is 4. The fraction of sp³-hybridized carbons (Fsp3) is 0.267. The average molecular weight is 579 g/mol. The van der Waals surface area contributed by atoms with Gasteiger partial charge in [-0.05, 0) is 0 Å². The first-order valence-electron chi connectivity index (χ1n) is 11.5. The number of aryl methyl sites for hydroxylation is 3. The SMILES string of the molecule is CC1=C(C)C(C)([Si](c2cccc(C)c2)(c2cccc(C)c2)c2cccc(C)c2)[C]([Ti])=C1C.Cl.Cl.Cl. The van der Waals surface area contributed by atoms with Gasteiger partial charge in [0.25, 0.3) is 0 Å². The molecule has 3 aromatic carbocycles. The van der Waals surface area contributed by atoms with E-state index in [0.717, 1.165) is 0 Å². The van der Waals surface area contributed by atoms with Gasteiger partial charge in [0.1, 0.15) is 0 Å². The van der Waals surface area contributed by atoms with Crippen molar-refractivity contribution in [3.05, 3.63) is 110 Å². The van der Waals surface area contributed by atoms with Crippen LogP contribution in [-0.4, -0.2) is 8.07 Å². The van der Waals surface area contributed by atoms with Crippen LogP contribution in [0.1, 0.15) is 44.4 Å². The molecular formula is C30H36Cl3SiTi. The normalized spacial score (nSPS) is 17.4. The van der Waals surface area contributed by atoms with Crippen molar-refractivity contribution < 1.29 is 20.4 Å². The first-order valence-corrected chi connectivity index (χ1v) is 14.2. The molecule has 1 aliphatic rings. The monoisotopic (exact) mass is 577 g/mol. The number of rotatable bonds is 4. The van der Waals surface area contributed by atoms with Crippen molar-refractivity contribution in [2.24, 2.45) is 0 Å². The minimum atomic E-state index is -2.53. The molecule has 0 aromatic heterocycles. The molecule has 0 spiro atoms. The van der Waals surface area contributed by atoms with Crippen LogP contribution in [0.5, 0.6) is 0 Å². The van der Waals surface area contributed by atoms with Gasteiger partial charge in [0.2, 0.25) is 0 Å². The molecule has 4 rings (SSSR count). The van der Waals surface area contributed by atoms with Crippen LogP contribution in [0, 0.1) is 20.8 Å². The Morgan fingerprint density at radius 1 is 0.571 bits per heavy atom. The maximum Gasteiger partial charge on any atom is -0.147 e. The molecule has 0 aliphatic heterocycles. The molecule has 1 unspecified atom stereocenters. The molecule has 185 valence electrons. The maximum atomic E-state index is 2.54. The maximum absolute atomic E-state index is 2.54. The minimum absolute atomic E-state index is 0. The Balaban J connectivity index is 0.00000204. The van der Waals surface area contributed by atoms with Gasteiger partial charge in [-0.3, -0.25) is 0 Å². The van der Waals surface area contributed by atoms with Crippen LogP contribution in [-0.2, 0) is 20.4 Å². The summed E-state index contributed by atoms with van der Waals surface area (Å²) >= 11 is 2.39. The van der Waals surface area contributed by atoms with Gasteiger partial charge in [0.15, 0.2) is 0 Å². The molecule has 0 saturated heterocycles. The summed E-state index contributed by atoms with van der Waals surface area (Å²) in [4.78, 5) is 0. The zero-order valence-electron chi connectivity index (χ0n) is 21.7. The zero-order chi connectivity index (χ0) is 23.3. The zero-order valence-corrected chi connectivity index (χ0v) is 26.7. The molecular weight excluding hydrogens is 543 g/mol. The van der Waals surface area contributed by atoms with Crippen LogP contribution < -0.4 is 15.6 Å². The van der Waals surface area contributed by atoms with E-state index >= 15 is 0 Å². The Hall–Kier alpha value is -1.06. The van der Waals surface area contributed by atoms with E-state index in [1.54, 1.807) is 0 Å². The molecule has 0 bridgehead atoms. The Kier molecular flexibility index (Phi) is 11.0. The van der Waals surface area contributed by atoms with Crippen LogP contribution >= 0.6 is 37.2 Å². The second kappa shape index (κ2) is 12.0. The average Bonchev–Trinajstić information content (AvgIpc) is 2.91. The van der Waals surface area contributed by atoms with Crippen LogP contribution in [0.4, 0.5) is 0 Å². The van der Waals surface area contributed by atoms with Crippen LogP contribution in [0.25, 0.3) is 0 Å². The molecule has 0 fully saturated rings. The summed E-state index contributed by atoms with van der Waals surface area (Å²) in [5.74, 6) is 0. The molecule has 5 heteroatoms. The molecule has 1 atom stereocenters. The number of benzene rings is 3. The summed E-state index contributed by atoms with van der Waals surface area (Å²) in [5, 5.41) is 4.45. The van der Waals surface area contributed by atoms with E-state index in [9.17, 15) is 0 Å². The Morgan fingerprint density at radius 3 is 1.17 bits per heavy atom. The van der Waals surface area contributed by atoms with Gasteiger partial charge in [0, 0.05) is 0 Å². The summed E-state index contributed by atoms with van der Waals surface area (Å²) < 4.78 is 1.53. The van der Waals surface area contributed by atoms with Gasteiger partial charge in [-0.25, -0.2) is 0 Å². The molecule has 35 heavy (non-hydrogen) atoms. The van der Waals surface area contributed by atoms with Gasteiger partial charge >= 0.3 is 208 Å². The van der Waals surface area contributed by atoms with Crippen molar-refractivity contribution in [1.29, 1.82) is 0 Å². The summed E-state index contributed by atoms with van der Waals surface area (Å²) in [6, 6.07) is 28.1. The van der Waals surface area contributed by atoms with Gasteiger partial charge in [-0.1, -0.05) is 0 Å². The van der Waals surface area contributed by atoms with Crippen molar-refractivity contribution in [2.45, 2.75) is 53.5 Å². The smallest absolute Gasteiger partial charge is 0.147 e. The summed E-state index contributed by atoms with van der Waals surface area (Å²) in [7, 11) is -2.53. The number of hydrogen-bond donors (Lipinski definition) is 0. The van der Waals surface area contributed by atoms with E-state index in [0.29, 0.717) is 0 Å². The van der Waals surface area contributed by atoms with Gasteiger partial charge in [-0.15, -0.1) is 37.2 Å². The second-order valence-corrected chi connectivity index (χ2v) is 14.7. The van der Waals surface area contributed by atoms with Gasteiger partial charge < -0.3 is 0 Å². The van der Waals surface area contributed by atoms with Crippen LogP contribution in [0.3, 0.4) is 0 Å². The van der Waals surface area contributed by atoms with E-state index in [1.807, 2.05) is 0 Å². The van der Waals surface area contributed by atoms with Crippen molar-refractivity contribution in [3.8, 4) is 0 Å². The van der Waals surface area contributed by atoms with E-state index in [-0.39, 0.29) is 42.3 Å². The van der Waals surface area contributed by atoms with Gasteiger partial charge in [0.05, 0.1) is 0 Å². The molecule has 0 nitrogen and oxygen atoms in total. The standard InChI is InChI=1S/C30H33Si.3ClH.Ti/c1-21-11-8-14-27(17-21)31(28-15-9-12-22(2)18-28,29-16-10-13-23(3)19-29)30(7)20-24(4)25(5)26(30)6;;;;/h8-19H,1-7H3;3*1H;. The fourth-order valence-electron chi connectivity index (χ4n) is 5.88. The molecule has 0 amide bonds. The van der Waals surface area contributed by atoms with Crippen molar-refractivity contribution in [2.75, 3.05) is 0 Å². The third-order valence-corrected chi connectivity index (χ3v) is 15.3. The largest absolute Gasteiger partial charge is 0.147 e. The third kappa shape index (κ3) is 4.93. The summed E-state index contributed by atoms with van der Waals surface area (Å²) in [6.45, 7) is 16.3. The predicted octanol–water partition coefficient (Wildman–Crippen LogP) is 7.28. The molecule has 0 radical (unpaired) electrons. The van der Waals surface area contributed by atoms with Crippen LogP contribution in [0.15, 0.2) is 93.4 Å². The second-order valence-electron chi connectivity index (χ2n) is 9.73. The van der Waals surface area contributed by atoms with E-state index in [4.69, 9.17) is 0 Å². The minimum Gasteiger partial charge on any atom is -0.147 e. The number of halogens is 3. The summed E-state index contributed by atoms with van der Waals surface area (Å²) in [6.07, 6.45) is 0. The van der Waals surface area contributed by atoms with Gasteiger partial charge in [-0.2, -0.15) is 0 Å². The Morgan fingerprint density at radius 2 is 0.914 bits per heavy atom. The van der Waals surface area contributed by atoms with Crippen molar-refractivity contribution >= 4 is 60.9 Å². The molecule has 0 saturated carbocycles.